The van der Waals surface area contributed by atoms with Crippen LogP contribution in [0.25, 0.3) is 0 Å². The number of carbonyl (C=O) groups is 2. The second-order valence-corrected chi connectivity index (χ2v) is 5.09. The number of amides is 2. The second-order valence-electron chi connectivity index (χ2n) is 5.09. The lowest BCUT2D eigenvalue weighted by Gasteiger charge is -2.25. The van der Waals surface area contributed by atoms with Crippen LogP contribution >= 0.6 is 0 Å². The van der Waals surface area contributed by atoms with E-state index in [-0.39, 0.29) is 17.9 Å². The molecule has 2 atom stereocenters. The van der Waals surface area contributed by atoms with Crippen molar-refractivity contribution in [2.45, 2.75) is 25.5 Å². The summed E-state index contributed by atoms with van der Waals surface area (Å²) in [6.07, 6.45) is 0.332. The maximum absolute atomic E-state index is 12.3. The van der Waals surface area contributed by atoms with E-state index in [1.165, 1.54) is 0 Å². The van der Waals surface area contributed by atoms with E-state index in [1.54, 1.807) is 25.1 Å². The Kier molecular flexibility index (Phi) is 3.31. The third-order valence-corrected chi connectivity index (χ3v) is 3.58. The molecule has 0 saturated carbocycles. The van der Waals surface area contributed by atoms with E-state index in [4.69, 9.17) is 4.74 Å². The van der Waals surface area contributed by atoms with Gasteiger partial charge in [0.05, 0.1) is 11.3 Å². The fourth-order valence-corrected chi connectivity index (χ4v) is 2.45. The number of hydrogen-bond acceptors (Lipinski definition) is 4. The zero-order valence-electron chi connectivity index (χ0n) is 11.2. The van der Waals surface area contributed by atoms with Crippen molar-refractivity contribution in [3.05, 3.63) is 23.8 Å². The molecule has 106 valence electrons. The highest BCUT2D eigenvalue weighted by molar-refractivity contribution is 6.04. The van der Waals surface area contributed by atoms with Crippen molar-refractivity contribution < 1.29 is 14.3 Å². The molecule has 0 aliphatic carbocycles. The second kappa shape index (κ2) is 5.13. The summed E-state index contributed by atoms with van der Waals surface area (Å²) in [5.74, 6) is 0.0806. The van der Waals surface area contributed by atoms with Crippen LogP contribution in [0.5, 0.6) is 5.75 Å². The lowest BCUT2D eigenvalue weighted by Crippen LogP contribution is -2.38. The number of benzene rings is 1. The van der Waals surface area contributed by atoms with Gasteiger partial charge in [0.25, 0.3) is 11.8 Å². The summed E-state index contributed by atoms with van der Waals surface area (Å²) in [7, 11) is 0. The molecule has 2 aliphatic rings. The van der Waals surface area contributed by atoms with E-state index in [0.29, 0.717) is 17.0 Å². The van der Waals surface area contributed by atoms with E-state index in [1.807, 2.05) is 0 Å². The van der Waals surface area contributed by atoms with Crippen LogP contribution in [-0.4, -0.2) is 37.0 Å². The molecule has 2 aliphatic heterocycles. The average Bonchev–Trinajstić information content (AvgIpc) is 2.92. The minimum atomic E-state index is -0.593. The van der Waals surface area contributed by atoms with Crippen LogP contribution in [0.15, 0.2) is 18.2 Å². The predicted octanol–water partition coefficient (Wildman–Crippen LogP) is 0.498. The van der Waals surface area contributed by atoms with Gasteiger partial charge in [-0.1, -0.05) is 6.07 Å². The molecule has 6 heteroatoms. The molecule has 0 radical (unpaired) electrons. The van der Waals surface area contributed by atoms with Gasteiger partial charge < -0.3 is 20.7 Å². The Morgan fingerprint density at radius 3 is 3.05 bits per heavy atom. The summed E-state index contributed by atoms with van der Waals surface area (Å²) in [6.45, 7) is 3.37. The Bertz CT molecular complexity index is 553. The van der Waals surface area contributed by atoms with Gasteiger partial charge >= 0.3 is 0 Å². The monoisotopic (exact) mass is 275 g/mol. The normalized spacial score (nSPS) is 24.6. The lowest BCUT2D eigenvalue weighted by molar-refractivity contribution is -0.122. The Morgan fingerprint density at radius 2 is 2.30 bits per heavy atom. The first-order chi connectivity index (χ1) is 9.65. The minimum absolute atomic E-state index is 0.147. The topological polar surface area (TPSA) is 79.5 Å². The first-order valence-electron chi connectivity index (χ1n) is 6.77. The number of fused-ring (bicyclic) bond motifs is 1. The molecule has 6 nitrogen and oxygen atoms in total. The van der Waals surface area contributed by atoms with Gasteiger partial charge in [-0.15, -0.1) is 0 Å². The zero-order valence-corrected chi connectivity index (χ0v) is 11.2. The van der Waals surface area contributed by atoms with Crippen LogP contribution in [0.1, 0.15) is 23.7 Å². The minimum Gasteiger partial charge on any atom is -0.478 e. The summed E-state index contributed by atoms with van der Waals surface area (Å²) in [4.78, 5) is 23.9. The Hall–Kier alpha value is -2.08. The SMILES string of the molecule is CC1Oc2c(cccc2C(=O)NC2CCNC2)NC1=O. The molecule has 20 heavy (non-hydrogen) atoms. The first kappa shape index (κ1) is 12.9. The van der Waals surface area contributed by atoms with Gasteiger partial charge in [0.1, 0.15) is 0 Å². The molecule has 2 unspecified atom stereocenters. The maximum atomic E-state index is 12.3. The highest BCUT2D eigenvalue weighted by Crippen LogP contribution is 2.33. The number of para-hydroxylation sites is 1. The van der Waals surface area contributed by atoms with E-state index in [0.717, 1.165) is 19.5 Å². The summed E-state index contributed by atoms with van der Waals surface area (Å²) in [6, 6.07) is 5.32. The Labute approximate surface area is 116 Å². The Balaban J connectivity index is 1.84. The fraction of sp³-hybridized carbons (Fsp3) is 0.429. The molecule has 0 spiro atoms. The molecule has 3 N–H and O–H groups in total. The van der Waals surface area contributed by atoms with Crippen LogP contribution < -0.4 is 20.7 Å². The van der Waals surface area contributed by atoms with Crippen LogP contribution in [0.3, 0.4) is 0 Å². The molecule has 1 aromatic rings. The van der Waals surface area contributed by atoms with Crippen LogP contribution in [0, 0.1) is 0 Å². The van der Waals surface area contributed by atoms with Gasteiger partial charge in [-0.05, 0) is 32.0 Å². The molecule has 1 fully saturated rings. The summed E-state index contributed by atoms with van der Waals surface area (Å²) < 4.78 is 5.57. The smallest absolute Gasteiger partial charge is 0.265 e. The van der Waals surface area contributed by atoms with E-state index < -0.39 is 6.10 Å². The van der Waals surface area contributed by atoms with Crippen molar-refractivity contribution in [3.8, 4) is 5.75 Å². The molecule has 1 aromatic carbocycles. The van der Waals surface area contributed by atoms with Gasteiger partial charge in [0.2, 0.25) is 0 Å². The van der Waals surface area contributed by atoms with E-state index in [2.05, 4.69) is 16.0 Å². The van der Waals surface area contributed by atoms with Crippen LogP contribution in [0.4, 0.5) is 5.69 Å². The van der Waals surface area contributed by atoms with Gasteiger partial charge in [-0.2, -0.15) is 0 Å². The van der Waals surface area contributed by atoms with E-state index >= 15 is 0 Å². The molecule has 3 rings (SSSR count). The van der Waals surface area contributed by atoms with Crippen LogP contribution in [0.2, 0.25) is 0 Å². The molecular weight excluding hydrogens is 258 g/mol. The van der Waals surface area contributed by atoms with Gasteiger partial charge in [0, 0.05) is 12.6 Å². The predicted molar refractivity (Wildman–Crippen MR) is 73.9 cm³/mol. The van der Waals surface area contributed by atoms with Crippen molar-refractivity contribution >= 4 is 17.5 Å². The van der Waals surface area contributed by atoms with Gasteiger partial charge in [0.15, 0.2) is 11.9 Å². The van der Waals surface area contributed by atoms with Crippen LogP contribution in [-0.2, 0) is 4.79 Å². The Morgan fingerprint density at radius 1 is 1.45 bits per heavy atom. The van der Waals surface area contributed by atoms with Gasteiger partial charge in [-0.3, -0.25) is 9.59 Å². The number of ether oxygens (including phenoxy) is 1. The average molecular weight is 275 g/mol. The first-order valence-corrected chi connectivity index (χ1v) is 6.77. The van der Waals surface area contributed by atoms with Crippen molar-refractivity contribution in [2.24, 2.45) is 0 Å². The highest BCUT2D eigenvalue weighted by atomic mass is 16.5. The third-order valence-electron chi connectivity index (χ3n) is 3.58. The molecule has 0 bridgehead atoms. The molecule has 0 aromatic heterocycles. The standard InChI is InChI=1S/C14H17N3O3/c1-8-13(18)17-11-4-2-3-10(12(11)20-8)14(19)16-9-5-6-15-7-9/h2-4,8-9,15H,5-7H2,1H3,(H,16,19)(H,17,18). The number of nitrogens with one attached hydrogen (secondary N) is 3. The number of anilines is 1. The molecule has 1 saturated heterocycles. The number of carbonyl (C=O) groups excluding carboxylic acids is 2. The van der Waals surface area contributed by atoms with Crippen molar-refractivity contribution in [2.75, 3.05) is 18.4 Å². The molecule has 2 amide bonds. The highest BCUT2D eigenvalue weighted by Gasteiger charge is 2.28. The summed E-state index contributed by atoms with van der Waals surface area (Å²) in [5, 5.41) is 8.92. The van der Waals surface area contributed by atoms with Crippen molar-refractivity contribution in [3.63, 3.8) is 0 Å². The molecular formula is C14H17N3O3. The maximum Gasteiger partial charge on any atom is 0.265 e. The number of rotatable bonds is 2. The lowest BCUT2D eigenvalue weighted by atomic mass is 10.1. The van der Waals surface area contributed by atoms with Gasteiger partial charge in [-0.25, -0.2) is 0 Å². The van der Waals surface area contributed by atoms with E-state index in [9.17, 15) is 9.59 Å². The van der Waals surface area contributed by atoms with Crippen molar-refractivity contribution in [1.29, 1.82) is 0 Å². The molecule has 2 heterocycles. The third kappa shape index (κ3) is 2.34. The zero-order chi connectivity index (χ0) is 14.1. The quantitative estimate of drug-likeness (QED) is 0.734. The van der Waals surface area contributed by atoms with Crippen molar-refractivity contribution in [1.82, 2.24) is 10.6 Å². The summed E-state index contributed by atoms with van der Waals surface area (Å²) in [5.41, 5.74) is 1.01. The fourth-order valence-electron chi connectivity index (χ4n) is 2.45. The summed E-state index contributed by atoms with van der Waals surface area (Å²) >= 11 is 0. The largest absolute Gasteiger partial charge is 0.478 e. The number of hydrogen-bond donors (Lipinski definition) is 3.